The minimum Gasteiger partial charge on any atom is -0.379 e. The highest BCUT2D eigenvalue weighted by Gasteiger charge is 2.21. The lowest BCUT2D eigenvalue weighted by molar-refractivity contribution is 0.115. The molecule has 0 atom stereocenters. The van der Waals surface area contributed by atoms with E-state index in [4.69, 9.17) is 4.74 Å². The first-order valence-electron chi connectivity index (χ1n) is 11.4. The predicted molar refractivity (Wildman–Crippen MR) is 130 cm³/mol. The van der Waals surface area contributed by atoms with E-state index in [9.17, 15) is 0 Å². The maximum absolute atomic E-state index is 5.78. The Hall–Kier alpha value is -3.12. The van der Waals surface area contributed by atoms with Gasteiger partial charge in [-0.25, -0.2) is 4.98 Å². The molecule has 2 aromatic carbocycles. The molecule has 3 aromatic rings. The van der Waals surface area contributed by atoms with Gasteiger partial charge in [0.05, 0.1) is 12.9 Å². The van der Waals surface area contributed by atoms with Gasteiger partial charge in [0.2, 0.25) is 0 Å². The van der Waals surface area contributed by atoms with Crippen LogP contribution in [0.2, 0.25) is 0 Å². The van der Waals surface area contributed by atoms with Gasteiger partial charge in [0.15, 0.2) is 5.96 Å². The zero-order valence-electron chi connectivity index (χ0n) is 19.1. The van der Waals surface area contributed by atoms with E-state index in [1.807, 2.05) is 25.8 Å². The van der Waals surface area contributed by atoms with Crippen LogP contribution in [0.1, 0.15) is 24.0 Å². The largest absolute Gasteiger partial charge is 0.379 e. The lowest BCUT2D eigenvalue weighted by atomic mass is 9.98. The number of benzene rings is 2. The summed E-state index contributed by atoms with van der Waals surface area (Å²) in [7, 11) is 3.88. The van der Waals surface area contributed by atoms with Crippen molar-refractivity contribution in [1.29, 1.82) is 0 Å². The van der Waals surface area contributed by atoms with Gasteiger partial charge >= 0.3 is 0 Å². The highest BCUT2D eigenvalue weighted by Crippen LogP contribution is 2.28. The number of nitrogens with zero attached hydrogens (tertiary/aromatic N) is 4. The van der Waals surface area contributed by atoms with E-state index in [1.54, 1.807) is 0 Å². The molecular weight excluding hydrogens is 398 g/mol. The zero-order valence-corrected chi connectivity index (χ0v) is 19.1. The molecule has 1 aliphatic rings. The molecule has 1 heterocycles. The van der Waals surface area contributed by atoms with Crippen molar-refractivity contribution in [3.05, 3.63) is 78.4 Å². The Morgan fingerprint density at radius 1 is 1.19 bits per heavy atom. The van der Waals surface area contributed by atoms with Gasteiger partial charge < -0.3 is 19.5 Å². The second-order valence-electron chi connectivity index (χ2n) is 8.43. The van der Waals surface area contributed by atoms with Gasteiger partial charge in [-0.2, -0.15) is 0 Å². The number of guanidine groups is 1. The first-order chi connectivity index (χ1) is 15.7. The van der Waals surface area contributed by atoms with E-state index >= 15 is 0 Å². The van der Waals surface area contributed by atoms with Crippen LogP contribution in [-0.2, 0) is 17.8 Å². The number of imidazole rings is 1. The van der Waals surface area contributed by atoms with Crippen molar-refractivity contribution in [2.75, 3.05) is 33.9 Å². The van der Waals surface area contributed by atoms with Crippen LogP contribution in [-0.4, -0.2) is 54.3 Å². The van der Waals surface area contributed by atoms with Gasteiger partial charge in [0.1, 0.15) is 0 Å². The van der Waals surface area contributed by atoms with Crippen molar-refractivity contribution >= 4 is 5.96 Å². The summed E-state index contributed by atoms with van der Waals surface area (Å²) in [5.41, 5.74) is 4.95. The highest BCUT2D eigenvalue weighted by atomic mass is 16.5. The fourth-order valence-electron chi connectivity index (χ4n) is 3.74. The molecule has 1 aromatic heterocycles. The molecule has 0 bridgehead atoms. The summed E-state index contributed by atoms with van der Waals surface area (Å²) in [4.78, 5) is 10.7. The quantitative estimate of drug-likeness (QED) is 0.299. The fraction of sp³-hybridized carbons (Fsp3) is 0.385. The normalized spacial score (nSPS) is 13.9. The molecule has 6 nitrogen and oxygen atoms in total. The lowest BCUT2D eigenvalue weighted by Crippen LogP contribution is -2.40. The Bertz CT molecular complexity index is 993. The summed E-state index contributed by atoms with van der Waals surface area (Å²) >= 11 is 0. The van der Waals surface area contributed by atoms with E-state index in [0.717, 1.165) is 38.2 Å². The van der Waals surface area contributed by atoms with Crippen LogP contribution in [0.3, 0.4) is 0 Å². The van der Waals surface area contributed by atoms with Crippen LogP contribution in [0.15, 0.2) is 72.2 Å². The van der Waals surface area contributed by atoms with Crippen LogP contribution in [0, 0.1) is 5.92 Å². The molecule has 0 aliphatic heterocycles. The van der Waals surface area contributed by atoms with Crippen molar-refractivity contribution in [3.8, 4) is 11.1 Å². The Morgan fingerprint density at radius 2 is 2.00 bits per heavy atom. The Labute approximate surface area is 191 Å². The van der Waals surface area contributed by atoms with Crippen molar-refractivity contribution < 1.29 is 4.74 Å². The van der Waals surface area contributed by atoms with Gasteiger partial charge in [-0.05, 0) is 41.0 Å². The maximum Gasteiger partial charge on any atom is 0.193 e. The number of likely N-dealkylation sites (N-methyl/N-ethyl adjacent to an activating group) is 1. The Kier molecular flexibility index (Phi) is 7.56. The number of nitrogens with one attached hydrogen (secondary N) is 1. The van der Waals surface area contributed by atoms with E-state index in [0.29, 0.717) is 6.54 Å². The van der Waals surface area contributed by atoms with E-state index in [-0.39, 0.29) is 0 Å². The highest BCUT2D eigenvalue weighted by molar-refractivity contribution is 5.80. The summed E-state index contributed by atoms with van der Waals surface area (Å²) in [5.74, 6) is 1.68. The third kappa shape index (κ3) is 6.20. The minimum absolute atomic E-state index is 0.715. The molecule has 32 heavy (non-hydrogen) atoms. The molecule has 0 unspecified atom stereocenters. The average molecular weight is 432 g/mol. The second-order valence-corrected chi connectivity index (χ2v) is 8.43. The van der Waals surface area contributed by atoms with Gasteiger partial charge in [-0.15, -0.1) is 0 Å². The van der Waals surface area contributed by atoms with Gasteiger partial charge in [0.25, 0.3) is 0 Å². The number of aromatic nitrogens is 2. The number of hydrogen-bond donors (Lipinski definition) is 1. The Morgan fingerprint density at radius 3 is 2.72 bits per heavy atom. The fourth-order valence-corrected chi connectivity index (χ4v) is 3.74. The maximum atomic E-state index is 5.78. The van der Waals surface area contributed by atoms with E-state index < -0.39 is 0 Å². The van der Waals surface area contributed by atoms with Crippen LogP contribution >= 0.6 is 0 Å². The average Bonchev–Trinajstić information content (AvgIpc) is 3.51. The minimum atomic E-state index is 0.715. The Balaban J connectivity index is 1.35. The summed E-state index contributed by atoms with van der Waals surface area (Å²) in [6.07, 6.45) is 8.29. The standard InChI is InChI=1S/C26H33N5O/c1-27-26(30(2)15-16-32-19-22-7-8-22)29-17-24-5-3-4-6-25(24)23-11-9-21(10-12-23)18-31-14-13-28-20-31/h3-6,9-14,20,22H,7-8,15-19H2,1-2H3,(H,27,29). The molecule has 0 spiro atoms. The second kappa shape index (κ2) is 11.0. The molecule has 0 radical (unpaired) electrons. The summed E-state index contributed by atoms with van der Waals surface area (Å²) < 4.78 is 7.85. The van der Waals surface area contributed by atoms with E-state index in [1.165, 1.54) is 35.1 Å². The van der Waals surface area contributed by atoms with Crippen LogP contribution in [0.5, 0.6) is 0 Å². The SMILES string of the molecule is CN=C(NCc1ccccc1-c1ccc(Cn2ccnc2)cc1)N(C)CCOCC1CC1. The molecule has 1 N–H and O–H groups in total. The number of rotatable bonds is 10. The van der Waals surface area contributed by atoms with Crippen molar-refractivity contribution in [2.24, 2.45) is 10.9 Å². The van der Waals surface area contributed by atoms with Gasteiger partial charge in [-0.3, -0.25) is 4.99 Å². The van der Waals surface area contributed by atoms with Gasteiger partial charge in [0, 0.05) is 52.7 Å². The van der Waals surface area contributed by atoms with E-state index in [2.05, 4.69) is 80.3 Å². The predicted octanol–water partition coefficient (Wildman–Crippen LogP) is 4.03. The third-order valence-corrected chi connectivity index (χ3v) is 5.84. The molecule has 1 saturated carbocycles. The van der Waals surface area contributed by atoms with Crippen LogP contribution in [0.4, 0.5) is 0 Å². The monoisotopic (exact) mass is 431 g/mol. The number of aliphatic imine (C=N–C) groups is 1. The molecule has 0 amide bonds. The number of hydrogen-bond acceptors (Lipinski definition) is 3. The third-order valence-electron chi connectivity index (χ3n) is 5.84. The number of ether oxygens (including phenoxy) is 1. The summed E-state index contributed by atoms with van der Waals surface area (Å²) in [5, 5.41) is 3.51. The lowest BCUT2D eigenvalue weighted by Gasteiger charge is -2.22. The van der Waals surface area contributed by atoms with Gasteiger partial charge in [-0.1, -0.05) is 48.5 Å². The van der Waals surface area contributed by atoms with Crippen LogP contribution < -0.4 is 5.32 Å². The van der Waals surface area contributed by atoms with Crippen molar-refractivity contribution in [3.63, 3.8) is 0 Å². The topological polar surface area (TPSA) is 54.7 Å². The zero-order chi connectivity index (χ0) is 22.2. The van der Waals surface area contributed by atoms with Crippen molar-refractivity contribution in [2.45, 2.75) is 25.9 Å². The van der Waals surface area contributed by atoms with Crippen molar-refractivity contribution in [1.82, 2.24) is 19.8 Å². The summed E-state index contributed by atoms with van der Waals surface area (Å²) in [6.45, 7) is 4.00. The smallest absolute Gasteiger partial charge is 0.193 e. The first kappa shape index (κ1) is 22.1. The molecule has 1 aliphatic carbocycles. The molecule has 1 fully saturated rings. The molecular formula is C26H33N5O. The molecule has 0 saturated heterocycles. The molecule has 6 heteroatoms. The molecule has 4 rings (SSSR count). The molecule has 168 valence electrons. The summed E-state index contributed by atoms with van der Waals surface area (Å²) in [6, 6.07) is 17.3. The first-order valence-corrected chi connectivity index (χ1v) is 11.4. The van der Waals surface area contributed by atoms with Crippen LogP contribution in [0.25, 0.3) is 11.1 Å².